The van der Waals surface area contributed by atoms with Gasteiger partial charge in [-0.2, -0.15) is 18.3 Å². The van der Waals surface area contributed by atoms with Gasteiger partial charge in [0.1, 0.15) is 5.82 Å². The third kappa shape index (κ3) is 4.20. The maximum atomic E-state index is 14.1. The molecule has 2 aliphatic rings. The van der Waals surface area contributed by atoms with Crippen molar-refractivity contribution in [3.8, 4) is 0 Å². The smallest absolute Gasteiger partial charge is 0.339 e. The minimum absolute atomic E-state index is 0.190. The first kappa shape index (κ1) is 23.9. The van der Waals surface area contributed by atoms with Crippen LogP contribution in [0.15, 0.2) is 36.7 Å². The molecule has 4 heterocycles. The number of alkyl halides is 3. The highest BCUT2D eigenvalue weighted by atomic mass is 19.4. The summed E-state index contributed by atoms with van der Waals surface area (Å²) >= 11 is 0. The minimum atomic E-state index is -4.49. The van der Waals surface area contributed by atoms with E-state index in [1.807, 2.05) is 0 Å². The van der Waals surface area contributed by atoms with E-state index in [-0.39, 0.29) is 37.5 Å². The fraction of sp³-hybridized carbons (Fsp3) is 0.375. The summed E-state index contributed by atoms with van der Waals surface area (Å²) in [4.78, 5) is 45.8. The molecule has 12 heteroatoms. The fourth-order valence-electron chi connectivity index (χ4n) is 5.02. The molecule has 2 amide bonds. The number of aromatic nitrogens is 3. The Labute approximate surface area is 202 Å². The highest BCUT2D eigenvalue weighted by molar-refractivity contribution is 6.11. The van der Waals surface area contributed by atoms with Crippen molar-refractivity contribution in [1.82, 2.24) is 20.1 Å². The van der Waals surface area contributed by atoms with Crippen molar-refractivity contribution in [2.75, 3.05) is 24.5 Å². The second-order valence-electron chi connectivity index (χ2n) is 9.11. The van der Waals surface area contributed by atoms with E-state index < -0.39 is 48.5 Å². The highest BCUT2D eigenvalue weighted by Gasteiger charge is 2.53. The van der Waals surface area contributed by atoms with Gasteiger partial charge in [-0.3, -0.25) is 19.5 Å². The number of aromatic amines is 1. The van der Waals surface area contributed by atoms with Gasteiger partial charge >= 0.3 is 6.18 Å². The van der Waals surface area contributed by atoms with E-state index >= 15 is 0 Å². The van der Waals surface area contributed by atoms with E-state index in [2.05, 4.69) is 15.2 Å². The highest BCUT2D eigenvalue weighted by Crippen LogP contribution is 2.48. The number of hydrogen-bond acceptors (Lipinski definition) is 5. The van der Waals surface area contributed by atoms with Crippen LogP contribution in [-0.4, -0.2) is 63.5 Å². The van der Waals surface area contributed by atoms with E-state index in [0.717, 1.165) is 11.0 Å². The first-order valence-corrected chi connectivity index (χ1v) is 11.4. The van der Waals surface area contributed by atoms with Crippen molar-refractivity contribution in [3.63, 3.8) is 0 Å². The maximum Gasteiger partial charge on any atom is 0.389 e. The number of likely N-dealkylation sites (tertiary alicyclic amines) is 1. The number of halogens is 4. The zero-order valence-corrected chi connectivity index (χ0v) is 18.9. The number of piperidine rings is 1. The predicted octanol–water partition coefficient (Wildman–Crippen LogP) is 3.53. The molecular weight excluding hydrogens is 482 g/mol. The van der Waals surface area contributed by atoms with Crippen LogP contribution >= 0.6 is 0 Å². The van der Waals surface area contributed by atoms with Gasteiger partial charge in [0.15, 0.2) is 11.4 Å². The summed E-state index contributed by atoms with van der Waals surface area (Å²) in [7, 11) is 0. The number of amides is 2. The Hall–Kier alpha value is -3.83. The van der Waals surface area contributed by atoms with Gasteiger partial charge in [0.25, 0.3) is 5.91 Å². The molecule has 0 atom stereocenters. The monoisotopic (exact) mass is 503 g/mol. The maximum absolute atomic E-state index is 14.1. The summed E-state index contributed by atoms with van der Waals surface area (Å²) in [5.41, 5.74) is 0.545. The first-order chi connectivity index (χ1) is 17.1. The van der Waals surface area contributed by atoms with Gasteiger partial charge in [-0.05, 0) is 36.6 Å². The Bertz CT molecular complexity index is 1360. The molecule has 2 aromatic heterocycles. The van der Waals surface area contributed by atoms with Crippen LogP contribution in [0.3, 0.4) is 0 Å². The number of anilines is 1. The minimum Gasteiger partial charge on any atom is -0.339 e. The van der Waals surface area contributed by atoms with Crippen LogP contribution in [-0.2, 0) is 15.0 Å². The summed E-state index contributed by atoms with van der Waals surface area (Å²) < 4.78 is 51.7. The number of fused-ring (bicyclic) bond motifs is 3. The Morgan fingerprint density at radius 2 is 1.86 bits per heavy atom. The molecular formula is C24H21F4N5O3. The van der Waals surface area contributed by atoms with Gasteiger partial charge in [-0.15, -0.1) is 0 Å². The van der Waals surface area contributed by atoms with Crippen molar-refractivity contribution in [1.29, 1.82) is 0 Å². The predicted molar refractivity (Wildman–Crippen MR) is 120 cm³/mol. The van der Waals surface area contributed by atoms with Gasteiger partial charge in [0, 0.05) is 31.1 Å². The van der Waals surface area contributed by atoms with Crippen molar-refractivity contribution in [3.05, 3.63) is 53.6 Å². The number of carbonyl (C=O) groups excluding carboxylic acids is 3. The molecule has 0 saturated carbocycles. The lowest BCUT2D eigenvalue weighted by molar-refractivity contribution is -0.142. The lowest BCUT2D eigenvalue weighted by Crippen LogP contribution is -2.50. The Morgan fingerprint density at radius 1 is 1.11 bits per heavy atom. The van der Waals surface area contributed by atoms with Crippen LogP contribution in [0.5, 0.6) is 0 Å². The molecule has 3 aromatic rings. The molecule has 1 saturated heterocycles. The van der Waals surface area contributed by atoms with E-state index in [9.17, 15) is 31.9 Å². The number of nitrogens with one attached hydrogen (secondary N) is 1. The average molecular weight is 503 g/mol. The van der Waals surface area contributed by atoms with Crippen LogP contribution in [0, 0.1) is 5.82 Å². The topological polar surface area (TPSA) is 99.3 Å². The number of carbonyl (C=O) groups is 3. The standard InChI is InChI=1S/C24H21F4N5O3/c25-16-1-2-18-19(10-16)33(13-17(34)3-4-24(26,27)28)22(36)23(18)5-7-32(8-6-23)21(35)15-9-14-12-30-31-20(14)29-11-15/h1-2,9-12H,3-8,13H2,(H,29,30,31). The molecule has 2 aliphatic heterocycles. The number of benzene rings is 1. The lowest BCUT2D eigenvalue weighted by Gasteiger charge is -2.38. The SMILES string of the molecule is O=C(CCC(F)(F)F)CN1C(=O)C2(CCN(C(=O)c3cnc4[nH]ncc4c3)CC2)c2ccc(F)cc21. The van der Waals surface area contributed by atoms with Gasteiger partial charge in [-0.25, -0.2) is 9.37 Å². The van der Waals surface area contributed by atoms with Gasteiger partial charge < -0.3 is 9.80 Å². The van der Waals surface area contributed by atoms with E-state index in [1.54, 1.807) is 17.2 Å². The average Bonchev–Trinajstić information content (AvgIpc) is 3.39. The summed E-state index contributed by atoms with van der Waals surface area (Å²) in [6.45, 7) is -0.118. The summed E-state index contributed by atoms with van der Waals surface area (Å²) in [5, 5.41) is 7.29. The van der Waals surface area contributed by atoms with Gasteiger partial charge in [0.05, 0.1) is 35.8 Å². The second-order valence-corrected chi connectivity index (χ2v) is 9.11. The number of Topliss-reactive ketones (excluding diaryl/α,β-unsaturated/α-hetero) is 1. The molecule has 188 valence electrons. The van der Waals surface area contributed by atoms with Crippen LogP contribution in [0.2, 0.25) is 0 Å². The van der Waals surface area contributed by atoms with Crippen molar-refractivity contribution in [2.24, 2.45) is 0 Å². The van der Waals surface area contributed by atoms with Gasteiger partial charge in [-0.1, -0.05) is 6.07 Å². The van der Waals surface area contributed by atoms with Crippen LogP contribution < -0.4 is 4.90 Å². The lowest BCUT2D eigenvalue weighted by atomic mass is 9.73. The Morgan fingerprint density at radius 3 is 2.58 bits per heavy atom. The first-order valence-electron chi connectivity index (χ1n) is 11.4. The molecule has 0 radical (unpaired) electrons. The fourth-order valence-corrected chi connectivity index (χ4v) is 5.02. The molecule has 5 rings (SSSR count). The molecule has 1 aromatic carbocycles. The van der Waals surface area contributed by atoms with Crippen LogP contribution in [0.1, 0.15) is 41.6 Å². The summed E-state index contributed by atoms with van der Waals surface area (Å²) in [5.74, 6) is -2.11. The number of hydrogen-bond donors (Lipinski definition) is 1. The number of nitrogens with zero attached hydrogens (tertiary/aromatic N) is 4. The zero-order chi connectivity index (χ0) is 25.7. The molecule has 0 aliphatic carbocycles. The number of pyridine rings is 1. The molecule has 0 unspecified atom stereocenters. The van der Waals surface area contributed by atoms with Crippen molar-refractivity contribution in [2.45, 2.75) is 37.3 Å². The molecule has 8 nitrogen and oxygen atoms in total. The molecule has 1 spiro atoms. The molecule has 1 fully saturated rings. The quantitative estimate of drug-likeness (QED) is 0.537. The zero-order valence-electron chi connectivity index (χ0n) is 18.9. The Kier molecular flexibility index (Phi) is 5.76. The van der Waals surface area contributed by atoms with Crippen molar-refractivity contribution < 1.29 is 31.9 Å². The number of H-pyrrole nitrogens is 1. The van der Waals surface area contributed by atoms with E-state index in [0.29, 0.717) is 22.2 Å². The largest absolute Gasteiger partial charge is 0.389 e. The molecule has 1 N–H and O–H groups in total. The van der Waals surface area contributed by atoms with Crippen LogP contribution in [0.4, 0.5) is 23.2 Å². The third-order valence-electron chi connectivity index (χ3n) is 6.88. The van der Waals surface area contributed by atoms with Crippen LogP contribution in [0.25, 0.3) is 11.0 Å². The summed E-state index contributed by atoms with van der Waals surface area (Å²) in [6, 6.07) is 5.50. The van der Waals surface area contributed by atoms with Crippen molar-refractivity contribution >= 4 is 34.3 Å². The normalized spacial score (nSPS) is 17.2. The molecule has 0 bridgehead atoms. The third-order valence-corrected chi connectivity index (χ3v) is 6.88. The number of rotatable bonds is 5. The van der Waals surface area contributed by atoms with E-state index in [4.69, 9.17) is 0 Å². The number of ketones is 1. The second kappa shape index (κ2) is 8.68. The van der Waals surface area contributed by atoms with Gasteiger partial charge in [0.2, 0.25) is 5.91 Å². The molecule has 36 heavy (non-hydrogen) atoms. The van der Waals surface area contributed by atoms with E-state index in [1.165, 1.54) is 18.3 Å². The Balaban J connectivity index is 1.35. The summed E-state index contributed by atoms with van der Waals surface area (Å²) in [6.07, 6.45) is -3.08.